The molecule has 0 aliphatic heterocycles. The van der Waals surface area contributed by atoms with Gasteiger partial charge < -0.3 is 15.7 Å². The van der Waals surface area contributed by atoms with E-state index in [4.69, 9.17) is 12.2 Å². The van der Waals surface area contributed by atoms with Crippen LogP contribution in [0.25, 0.3) is 0 Å². The van der Waals surface area contributed by atoms with Gasteiger partial charge in [-0.25, -0.2) is 0 Å². The van der Waals surface area contributed by atoms with Gasteiger partial charge in [-0.1, -0.05) is 12.1 Å². The van der Waals surface area contributed by atoms with Gasteiger partial charge in [0.2, 0.25) is 0 Å². The molecule has 2 aromatic carbocycles. The number of rotatable bonds is 2. The summed E-state index contributed by atoms with van der Waals surface area (Å²) in [6.45, 7) is 6.01. The number of hydrogen-bond acceptors (Lipinski definition) is 2. The molecule has 2 rings (SSSR count). The number of thiocarbonyl (C=S) groups is 1. The van der Waals surface area contributed by atoms with Crippen molar-refractivity contribution in [3.8, 4) is 5.75 Å². The minimum absolute atomic E-state index is 0.189. The van der Waals surface area contributed by atoms with Crippen LogP contribution in [0.4, 0.5) is 11.4 Å². The van der Waals surface area contributed by atoms with Crippen LogP contribution in [0.15, 0.2) is 36.4 Å². The van der Waals surface area contributed by atoms with Gasteiger partial charge >= 0.3 is 0 Å². The summed E-state index contributed by atoms with van der Waals surface area (Å²) in [5.74, 6) is 0.189. The molecular formula is C16H18N2OS. The number of hydrogen-bond donors (Lipinski definition) is 3. The number of phenolic OH excluding ortho intramolecular Hbond substituents is 1. The summed E-state index contributed by atoms with van der Waals surface area (Å²) < 4.78 is 0. The van der Waals surface area contributed by atoms with Gasteiger partial charge in [0.15, 0.2) is 5.11 Å². The van der Waals surface area contributed by atoms with Crippen molar-refractivity contribution in [1.29, 1.82) is 0 Å². The monoisotopic (exact) mass is 286 g/mol. The van der Waals surface area contributed by atoms with E-state index in [0.29, 0.717) is 10.8 Å². The van der Waals surface area contributed by atoms with Crippen molar-refractivity contribution in [2.45, 2.75) is 20.8 Å². The Hall–Kier alpha value is -2.07. The highest BCUT2D eigenvalue weighted by molar-refractivity contribution is 7.80. The Morgan fingerprint density at radius 2 is 1.55 bits per heavy atom. The first-order chi connectivity index (χ1) is 9.44. The summed E-state index contributed by atoms with van der Waals surface area (Å²) in [4.78, 5) is 0. The van der Waals surface area contributed by atoms with E-state index in [0.717, 1.165) is 11.3 Å². The number of aromatic hydroxyl groups is 1. The van der Waals surface area contributed by atoms with E-state index in [-0.39, 0.29) is 5.75 Å². The molecular weight excluding hydrogens is 268 g/mol. The quantitative estimate of drug-likeness (QED) is 0.574. The van der Waals surface area contributed by atoms with E-state index < -0.39 is 0 Å². The Kier molecular flexibility index (Phi) is 4.25. The molecule has 0 atom stereocenters. The largest absolute Gasteiger partial charge is 0.506 e. The van der Waals surface area contributed by atoms with Gasteiger partial charge in [0.05, 0.1) is 5.69 Å². The van der Waals surface area contributed by atoms with Crippen LogP contribution >= 0.6 is 12.2 Å². The topological polar surface area (TPSA) is 44.3 Å². The molecule has 0 aliphatic rings. The Morgan fingerprint density at radius 3 is 2.15 bits per heavy atom. The average molecular weight is 286 g/mol. The predicted molar refractivity (Wildman–Crippen MR) is 88.6 cm³/mol. The van der Waals surface area contributed by atoms with Crippen molar-refractivity contribution in [2.24, 2.45) is 0 Å². The number of phenols is 1. The van der Waals surface area contributed by atoms with Crippen LogP contribution in [0, 0.1) is 20.8 Å². The van der Waals surface area contributed by atoms with E-state index in [1.165, 1.54) is 11.1 Å². The fourth-order valence-corrected chi connectivity index (χ4v) is 2.31. The van der Waals surface area contributed by atoms with Gasteiger partial charge in [0, 0.05) is 5.69 Å². The molecule has 0 amide bonds. The third-order valence-electron chi connectivity index (χ3n) is 2.88. The van der Waals surface area contributed by atoms with Crippen molar-refractivity contribution < 1.29 is 5.11 Å². The maximum Gasteiger partial charge on any atom is 0.175 e. The normalized spacial score (nSPS) is 10.2. The van der Waals surface area contributed by atoms with Crippen LogP contribution in [0.5, 0.6) is 5.75 Å². The summed E-state index contributed by atoms with van der Waals surface area (Å²) in [7, 11) is 0. The van der Waals surface area contributed by atoms with Gasteiger partial charge in [0.1, 0.15) is 5.75 Å². The summed E-state index contributed by atoms with van der Waals surface area (Å²) in [6.07, 6.45) is 0. The highest BCUT2D eigenvalue weighted by atomic mass is 32.1. The van der Waals surface area contributed by atoms with Gasteiger partial charge in [-0.2, -0.15) is 0 Å². The van der Waals surface area contributed by atoms with Crippen LogP contribution in [-0.2, 0) is 0 Å². The Morgan fingerprint density at radius 1 is 0.900 bits per heavy atom. The minimum Gasteiger partial charge on any atom is -0.506 e. The highest BCUT2D eigenvalue weighted by Gasteiger charge is 2.04. The van der Waals surface area contributed by atoms with Gasteiger partial charge in [0.25, 0.3) is 0 Å². The summed E-state index contributed by atoms with van der Waals surface area (Å²) in [6, 6.07) is 11.6. The van der Waals surface area contributed by atoms with Crippen LogP contribution in [0.1, 0.15) is 16.7 Å². The predicted octanol–water partition coefficient (Wildman–Crippen LogP) is 4.13. The fraction of sp³-hybridized carbons (Fsp3) is 0.188. The molecule has 0 saturated heterocycles. The van der Waals surface area contributed by atoms with Crippen molar-refractivity contribution >= 4 is 28.7 Å². The first kappa shape index (κ1) is 14.3. The van der Waals surface area contributed by atoms with Crippen LogP contribution in [-0.4, -0.2) is 10.2 Å². The van der Waals surface area contributed by atoms with E-state index in [1.807, 2.05) is 39.0 Å². The van der Waals surface area contributed by atoms with Crippen molar-refractivity contribution in [2.75, 3.05) is 10.6 Å². The lowest BCUT2D eigenvalue weighted by Crippen LogP contribution is -2.19. The molecule has 3 nitrogen and oxygen atoms in total. The maximum atomic E-state index is 9.84. The van der Waals surface area contributed by atoms with E-state index in [1.54, 1.807) is 12.1 Å². The zero-order valence-corrected chi connectivity index (χ0v) is 12.6. The third kappa shape index (κ3) is 3.71. The zero-order chi connectivity index (χ0) is 14.7. The van der Waals surface area contributed by atoms with E-state index in [9.17, 15) is 5.11 Å². The molecule has 104 valence electrons. The van der Waals surface area contributed by atoms with Crippen LogP contribution in [0.3, 0.4) is 0 Å². The Bertz CT molecular complexity index is 633. The molecule has 0 aliphatic carbocycles. The Labute approximate surface area is 124 Å². The summed E-state index contributed by atoms with van der Waals surface area (Å²) >= 11 is 5.26. The Balaban J connectivity index is 2.09. The number of aryl methyl sites for hydroxylation is 3. The number of nitrogens with one attached hydrogen (secondary N) is 2. The molecule has 0 saturated carbocycles. The molecule has 0 aromatic heterocycles. The molecule has 2 aromatic rings. The molecule has 0 unspecified atom stereocenters. The molecule has 0 fully saturated rings. The first-order valence-corrected chi connectivity index (χ1v) is 6.81. The lowest BCUT2D eigenvalue weighted by atomic mass is 10.1. The average Bonchev–Trinajstić information content (AvgIpc) is 2.31. The summed E-state index contributed by atoms with van der Waals surface area (Å²) in [5, 5.41) is 16.4. The molecule has 4 heteroatoms. The van der Waals surface area contributed by atoms with E-state index in [2.05, 4.69) is 16.7 Å². The number of benzene rings is 2. The minimum atomic E-state index is 0.189. The fourth-order valence-electron chi connectivity index (χ4n) is 2.08. The van der Waals surface area contributed by atoms with Gasteiger partial charge in [-0.3, -0.25) is 0 Å². The highest BCUT2D eigenvalue weighted by Crippen LogP contribution is 2.24. The SMILES string of the molecule is Cc1cc(C)cc(NC(=S)Nc2ccc(C)cc2O)c1. The van der Waals surface area contributed by atoms with E-state index >= 15 is 0 Å². The molecule has 0 radical (unpaired) electrons. The molecule has 0 heterocycles. The van der Waals surface area contributed by atoms with Crippen LogP contribution in [0.2, 0.25) is 0 Å². The second kappa shape index (κ2) is 5.92. The number of anilines is 2. The molecule has 3 N–H and O–H groups in total. The first-order valence-electron chi connectivity index (χ1n) is 6.40. The zero-order valence-electron chi connectivity index (χ0n) is 11.8. The molecule has 0 spiro atoms. The standard InChI is InChI=1S/C16H18N2OS/c1-10-4-5-14(15(19)9-10)18-16(20)17-13-7-11(2)6-12(3)8-13/h4-9,19H,1-3H3,(H2,17,18,20). The van der Waals surface area contributed by atoms with Crippen molar-refractivity contribution in [3.63, 3.8) is 0 Å². The second-order valence-corrected chi connectivity index (χ2v) is 5.38. The third-order valence-corrected chi connectivity index (χ3v) is 3.09. The van der Waals surface area contributed by atoms with Crippen molar-refractivity contribution in [1.82, 2.24) is 0 Å². The lowest BCUT2D eigenvalue weighted by molar-refractivity contribution is 0.477. The summed E-state index contributed by atoms with van der Waals surface area (Å²) in [5.41, 5.74) is 4.88. The lowest BCUT2D eigenvalue weighted by Gasteiger charge is -2.13. The molecule has 20 heavy (non-hydrogen) atoms. The van der Waals surface area contributed by atoms with Crippen molar-refractivity contribution in [3.05, 3.63) is 53.1 Å². The van der Waals surface area contributed by atoms with Gasteiger partial charge in [-0.05, 0) is 73.9 Å². The maximum absolute atomic E-state index is 9.84. The smallest absolute Gasteiger partial charge is 0.175 e. The molecule has 0 bridgehead atoms. The van der Waals surface area contributed by atoms with Crippen LogP contribution < -0.4 is 10.6 Å². The second-order valence-electron chi connectivity index (χ2n) is 4.98. The van der Waals surface area contributed by atoms with Gasteiger partial charge in [-0.15, -0.1) is 0 Å².